The van der Waals surface area contributed by atoms with Crippen molar-refractivity contribution in [3.05, 3.63) is 11.3 Å². The van der Waals surface area contributed by atoms with Crippen LogP contribution in [-0.2, 0) is 14.3 Å². The molecule has 0 aromatic heterocycles. The number of carbonyl (C=O) groups is 1. The van der Waals surface area contributed by atoms with Gasteiger partial charge in [-0.2, -0.15) is 0 Å². The second-order valence-electron chi connectivity index (χ2n) is 2.30. The van der Waals surface area contributed by atoms with Crippen LogP contribution in [0.25, 0.3) is 0 Å². The van der Waals surface area contributed by atoms with Crippen molar-refractivity contribution < 1.29 is 14.3 Å². The number of hydrogen-bond acceptors (Lipinski definition) is 4. The van der Waals surface area contributed by atoms with Gasteiger partial charge in [0, 0.05) is 12.1 Å². The Morgan fingerprint density at radius 2 is 2.45 bits per heavy atom. The van der Waals surface area contributed by atoms with Crippen LogP contribution in [-0.4, -0.2) is 26.3 Å². The molecule has 0 aromatic rings. The highest BCUT2D eigenvalue weighted by atomic mass is 16.5. The maximum absolute atomic E-state index is 11.0. The van der Waals surface area contributed by atoms with Gasteiger partial charge >= 0.3 is 5.97 Å². The summed E-state index contributed by atoms with van der Waals surface area (Å²) in [6, 6.07) is 0. The molecule has 1 aliphatic rings. The van der Waals surface area contributed by atoms with Gasteiger partial charge in [-0.15, -0.1) is 0 Å². The van der Waals surface area contributed by atoms with E-state index in [0.29, 0.717) is 30.9 Å². The maximum atomic E-state index is 11.0. The van der Waals surface area contributed by atoms with Gasteiger partial charge in [0.25, 0.3) is 0 Å². The third-order valence-corrected chi connectivity index (χ3v) is 1.57. The Hall–Kier alpha value is -1.03. The fraction of sp³-hybridized carbons (Fsp3) is 0.571. The van der Waals surface area contributed by atoms with Crippen LogP contribution in [0.1, 0.15) is 6.42 Å². The number of nitrogens with two attached hydrogens (primary N) is 1. The molecule has 0 atom stereocenters. The molecule has 0 aromatic carbocycles. The molecule has 11 heavy (non-hydrogen) atoms. The molecule has 0 aliphatic carbocycles. The van der Waals surface area contributed by atoms with Gasteiger partial charge in [-0.3, -0.25) is 0 Å². The van der Waals surface area contributed by atoms with Crippen molar-refractivity contribution in [2.24, 2.45) is 5.73 Å². The lowest BCUT2D eigenvalue weighted by atomic mass is 10.1. The summed E-state index contributed by atoms with van der Waals surface area (Å²) in [5.41, 5.74) is 6.55. The van der Waals surface area contributed by atoms with Gasteiger partial charge in [0.05, 0.1) is 25.9 Å². The summed E-state index contributed by atoms with van der Waals surface area (Å²) in [5, 5.41) is 0. The smallest absolute Gasteiger partial charge is 0.335 e. The zero-order valence-electron chi connectivity index (χ0n) is 6.42. The van der Waals surface area contributed by atoms with E-state index in [4.69, 9.17) is 10.5 Å². The first kappa shape index (κ1) is 8.07. The van der Waals surface area contributed by atoms with Crippen molar-refractivity contribution in [3.8, 4) is 0 Å². The summed E-state index contributed by atoms with van der Waals surface area (Å²) in [6.45, 7) is 0.884. The lowest BCUT2D eigenvalue weighted by Crippen LogP contribution is -2.22. The minimum Gasteiger partial charge on any atom is -0.466 e. The van der Waals surface area contributed by atoms with Crippen LogP contribution in [0.5, 0.6) is 0 Å². The Bertz CT molecular complexity index is 198. The quantitative estimate of drug-likeness (QED) is 0.535. The summed E-state index contributed by atoms with van der Waals surface area (Å²) < 4.78 is 9.54. The molecule has 62 valence electrons. The highest BCUT2D eigenvalue weighted by molar-refractivity contribution is 5.89. The highest BCUT2D eigenvalue weighted by Crippen LogP contribution is 2.12. The molecule has 0 unspecified atom stereocenters. The molecule has 1 heterocycles. The summed E-state index contributed by atoms with van der Waals surface area (Å²) in [5.74, 6) is -0.342. The molecule has 0 saturated heterocycles. The summed E-state index contributed by atoms with van der Waals surface area (Å²) in [4.78, 5) is 11.0. The average Bonchev–Trinajstić information content (AvgIpc) is 2.04. The molecular formula is C7H11NO3. The lowest BCUT2D eigenvalue weighted by Gasteiger charge is -2.15. The largest absolute Gasteiger partial charge is 0.466 e. The van der Waals surface area contributed by atoms with Gasteiger partial charge in [0.2, 0.25) is 0 Å². The van der Waals surface area contributed by atoms with Gasteiger partial charge < -0.3 is 15.2 Å². The van der Waals surface area contributed by atoms with E-state index in [9.17, 15) is 4.79 Å². The molecule has 4 heteroatoms. The van der Waals surface area contributed by atoms with E-state index in [1.807, 2.05) is 0 Å². The van der Waals surface area contributed by atoms with E-state index in [1.165, 1.54) is 7.11 Å². The van der Waals surface area contributed by atoms with Gasteiger partial charge in [-0.1, -0.05) is 0 Å². The summed E-state index contributed by atoms with van der Waals surface area (Å²) in [6.07, 6.45) is 0.554. The van der Waals surface area contributed by atoms with Crippen LogP contribution in [0, 0.1) is 0 Å². The molecule has 2 N–H and O–H groups in total. The molecule has 0 saturated carbocycles. The Morgan fingerprint density at radius 1 is 1.73 bits per heavy atom. The molecule has 1 aliphatic heterocycles. The molecule has 1 rings (SSSR count). The van der Waals surface area contributed by atoms with Crippen molar-refractivity contribution in [1.82, 2.24) is 0 Å². The fourth-order valence-corrected chi connectivity index (χ4v) is 0.960. The third kappa shape index (κ3) is 1.71. The fourth-order valence-electron chi connectivity index (χ4n) is 0.960. The zero-order valence-corrected chi connectivity index (χ0v) is 6.42. The predicted octanol–water partition coefficient (Wildman–Crippen LogP) is -0.208. The Balaban J connectivity index is 2.74. The second-order valence-corrected chi connectivity index (χ2v) is 2.30. The van der Waals surface area contributed by atoms with Crippen molar-refractivity contribution in [2.45, 2.75) is 6.42 Å². The molecule has 0 amide bonds. The molecule has 0 radical (unpaired) electrons. The number of rotatable bonds is 1. The SMILES string of the molecule is COC(=O)C1=C(N)COCC1. The van der Waals surface area contributed by atoms with Crippen LogP contribution in [0.2, 0.25) is 0 Å². The van der Waals surface area contributed by atoms with E-state index < -0.39 is 0 Å². The van der Waals surface area contributed by atoms with E-state index in [0.717, 1.165) is 0 Å². The van der Waals surface area contributed by atoms with Crippen LogP contribution >= 0.6 is 0 Å². The van der Waals surface area contributed by atoms with E-state index >= 15 is 0 Å². The lowest BCUT2D eigenvalue weighted by molar-refractivity contribution is -0.136. The molecule has 0 spiro atoms. The minimum atomic E-state index is -0.342. The zero-order chi connectivity index (χ0) is 8.27. The average molecular weight is 157 g/mol. The third-order valence-electron chi connectivity index (χ3n) is 1.57. The number of esters is 1. The van der Waals surface area contributed by atoms with Gasteiger partial charge in [0.1, 0.15) is 0 Å². The van der Waals surface area contributed by atoms with Crippen LogP contribution in [0.3, 0.4) is 0 Å². The first-order valence-corrected chi connectivity index (χ1v) is 3.39. The summed E-state index contributed by atoms with van der Waals surface area (Å²) >= 11 is 0. The van der Waals surface area contributed by atoms with Gasteiger partial charge in [-0.25, -0.2) is 4.79 Å². The molecule has 0 bridgehead atoms. The standard InChI is InChI=1S/C7H11NO3/c1-10-7(9)5-2-3-11-4-6(5)8/h2-4,8H2,1H3. The number of hydrogen-bond donors (Lipinski definition) is 1. The van der Waals surface area contributed by atoms with E-state index in [-0.39, 0.29) is 5.97 Å². The Morgan fingerprint density at radius 3 is 3.00 bits per heavy atom. The van der Waals surface area contributed by atoms with Gasteiger partial charge in [0.15, 0.2) is 0 Å². The minimum absolute atomic E-state index is 0.338. The van der Waals surface area contributed by atoms with E-state index in [1.54, 1.807) is 0 Å². The summed E-state index contributed by atoms with van der Waals surface area (Å²) in [7, 11) is 1.35. The van der Waals surface area contributed by atoms with E-state index in [2.05, 4.69) is 4.74 Å². The van der Waals surface area contributed by atoms with Gasteiger partial charge in [-0.05, 0) is 0 Å². The van der Waals surface area contributed by atoms with Crippen molar-refractivity contribution in [2.75, 3.05) is 20.3 Å². The normalized spacial score (nSPS) is 18.3. The van der Waals surface area contributed by atoms with Crippen LogP contribution in [0.15, 0.2) is 11.3 Å². The first-order chi connectivity index (χ1) is 5.25. The topological polar surface area (TPSA) is 61.5 Å². The second kappa shape index (κ2) is 3.39. The van der Waals surface area contributed by atoms with Crippen LogP contribution < -0.4 is 5.73 Å². The van der Waals surface area contributed by atoms with Crippen molar-refractivity contribution in [1.29, 1.82) is 0 Å². The Labute approximate surface area is 65.0 Å². The Kier molecular flexibility index (Phi) is 2.48. The number of carbonyl (C=O) groups excluding carboxylic acids is 1. The molecule has 0 fully saturated rings. The van der Waals surface area contributed by atoms with Crippen molar-refractivity contribution >= 4 is 5.97 Å². The highest BCUT2D eigenvalue weighted by Gasteiger charge is 2.17. The first-order valence-electron chi connectivity index (χ1n) is 3.39. The predicted molar refractivity (Wildman–Crippen MR) is 38.7 cm³/mol. The monoisotopic (exact) mass is 157 g/mol. The maximum Gasteiger partial charge on any atom is 0.335 e. The van der Waals surface area contributed by atoms with Crippen LogP contribution in [0.4, 0.5) is 0 Å². The number of methoxy groups -OCH3 is 1. The molecular weight excluding hydrogens is 146 g/mol. The molecule has 4 nitrogen and oxygen atoms in total. The van der Waals surface area contributed by atoms with Crippen molar-refractivity contribution in [3.63, 3.8) is 0 Å². The number of ether oxygens (including phenoxy) is 2.